The molecule has 0 amide bonds. The van der Waals surface area contributed by atoms with Crippen LogP contribution in [0.15, 0.2) is 0 Å². The van der Waals surface area contributed by atoms with Crippen molar-refractivity contribution in [2.75, 3.05) is 0 Å². The molecule has 0 saturated carbocycles. The van der Waals surface area contributed by atoms with Gasteiger partial charge in [0.1, 0.15) is 17.9 Å². The summed E-state index contributed by atoms with van der Waals surface area (Å²) in [5, 5.41) is -5.00. The van der Waals surface area contributed by atoms with Gasteiger partial charge in [-0.2, -0.15) is 0 Å². The molecule has 35 valence electrons. The lowest BCUT2D eigenvalue weighted by molar-refractivity contribution is -1.36. The van der Waals surface area contributed by atoms with Gasteiger partial charge in [0, 0.05) is 8.41 Å². The summed E-state index contributed by atoms with van der Waals surface area (Å²) in [5.41, 5.74) is 0. The van der Waals surface area contributed by atoms with Crippen LogP contribution in [0.3, 0.4) is 0 Å². The Morgan fingerprint density at radius 2 is 0.833 bits per heavy atom. The van der Waals surface area contributed by atoms with Crippen molar-refractivity contribution in [3.63, 3.8) is 0 Å². The second-order valence-electron chi connectivity index (χ2n) is 0.383. The number of rotatable bonds is 0. The molecule has 0 aliphatic carbocycles. The first kappa shape index (κ1) is 9.22. The summed E-state index contributed by atoms with van der Waals surface area (Å²) in [7, 11) is 0. The Bertz CT molecular complexity index is 23.0. The SMILES string of the molecule is F[N+](F)(F)F.[B]. The van der Waals surface area contributed by atoms with Gasteiger partial charge in [0.25, 0.3) is 0 Å². The highest BCUT2D eigenvalue weighted by atomic mass is 19.7. The first-order valence-electron chi connectivity index (χ1n) is 0.676. The summed E-state index contributed by atoms with van der Waals surface area (Å²) in [6.45, 7) is 0. The minimum absolute atomic E-state index is 0. The molecule has 0 rings (SSSR count). The highest BCUT2D eigenvalue weighted by Crippen LogP contribution is 2.08. The van der Waals surface area contributed by atoms with E-state index in [1.165, 1.54) is 0 Å². The van der Waals surface area contributed by atoms with E-state index in [-0.39, 0.29) is 8.41 Å². The van der Waals surface area contributed by atoms with Gasteiger partial charge in [-0.25, -0.2) is 0 Å². The average Bonchev–Trinajstić information content (AvgIpc) is 0.722. The van der Waals surface area contributed by atoms with Crippen LogP contribution in [0.4, 0.5) is 17.9 Å². The van der Waals surface area contributed by atoms with Crippen LogP contribution in [0, 0.1) is 0 Å². The molecule has 0 aromatic carbocycles. The molecule has 0 aliphatic heterocycles. The van der Waals surface area contributed by atoms with E-state index in [4.69, 9.17) is 0 Å². The Balaban J connectivity index is 0. The van der Waals surface area contributed by atoms with Crippen molar-refractivity contribution in [3.8, 4) is 0 Å². The van der Waals surface area contributed by atoms with Gasteiger partial charge in [0.15, 0.2) is 0 Å². The third-order valence-corrected chi connectivity index (χ3v) is 0. The van der Waals surface area contributed by atoms with E-state index >= 15 is 0 Å². The standard InChI is InChI=1S/B.F4N/c;1-5(2,3)4/q;+1. The van der Waals surface area contributed by atoms with Crippen molar-refractivity contribution >= 4 is 8.41 Å². The summed E-state index contributed by atoms with van der Waals surface area (Å²) >= 11 is 0. The van der Waals surface area contributed by atoms with E-state index in [9.17, 15) is 17.9 Å². The molecule has 0 aliphatic rings. The van der Waals surface area contributed by atoms with Gasteiger partial charge in [-0.1, -0.05) is 0 Å². The molecule has 1 nitrogen and oxygen atoms in total. The lowest BCUT2D eigenvalue weighted by atomic mass is 10.8. The molecule has 3 radical (unpaired) electrons. The second kappa shape index (κ2) is 2.02. The van der Waals surface area contributed by atoms with E-state index < -0.39 is 5.37 Å². The van der Waals surface area contributed by atoms with Gasteiger partial charge >= 0.3 is 5.37 Å². The fourth-order valence-corrected chi connectivity index (χ4v) is 0. The van der Waals surface area contributed by atoms with Crippen molar-refractivity contribution in [3.05, 3.63) is 0 Å². The van der Waals surface area contributed by atoms with Gasteiger partial charge in [-0.3, -0.25) is 0 Å². The molecule has 0 heterocycles. The number of nitrogens with zero attached hydrogens (tertiary/aromatic N) is 1. The van der Waals surface area contributed by atoms with Crippen LogP contribution >= 0.6 is 0 Å². The number of halogens is 4. The van der Waals surface area contributed by atoms with Crippen molar-refractivity contribution in [1.82, 2.24) is 0 Å². The summed E-state index contributed by atoms with van der Waals surface area (Å²) in [6, 6.07) is 0. The highest BCUT2D eigenvalue weighted by Gasteiger charge is 2.30. The summed E-state index contributed by atoms with van der Waals surface area (Å²) < 4.78 is 38.5. The van der Waals surface area contributed by atoms with E-state index in [2.05, 4.69) is 0 Å². The van der Waals surface area contributed by atoms with Gasteiger partial charge in [-0.15, -0.1) is 0 Å². The zero-order valence-corrected chi connectivity index (χ0v) is 2.54. The van der Waals surface area contributed by atoms with Crippen LogP contribution in [-0.2, 0) is 0 Å². The molecule has 0 fully saturated rings. The summed E-state index contributed by atoms with van der Waals surface area (Å²) in [4.78, 5) is 0. The minimum atomic E-state index is -5.00. The molecule has 0 atom stereocenters. The largest absolute Gasteiger partial charge is 0.440 e. The first-order chi connectivity index (χ1) is 2.00. The Morgan fingerprint density at radius 3 is 0.833 bits per heavy atom. The maximum atomic E-state index is 9.62. The molecule has 6 heavy (non-hydrogen) atoms. The molecule has 0 unspecified atom stereocenters. The quantitative estimate of drug-likeness (QED) is 0.242. The molecule has 0 spiro atoms. The average molecular weight is 101 g/mol. The van der Waals surface area contributed by atoms with Crippen LogP contribution in [0.5, 0.6) is 0 Å². The third-order valence-electron chi connectivity index (χ3n) is 0. The van der Waals surface area contributed by atoms with Crippen molar-refractivity contribution < 1.29 is 23.3 Å². The maximum Gasteiger partial charge on any atom is 0.440 e. The van der Waals surface area contributed by atoms with Crippen LogP contribution in [-0.4, -0.2) is 13.8 Å². The Hall–Kier alpha value is -0.255. The van der Waals surface area contributed by atoms with E-state index in [0.29, 0.717) is 0 Å². The second-order valence-corrected chi connectivity index (χ2v) is 0.383. The summed E-state index contributed by atoms with van der Waals surface area (Å²) in [6.07, 6.45) is 0. The van der Waals surface area contributed by atoms with Gasteiger partial charge in [0.2, 0.25) is 0 Å². The lowest BCUT2D eigenvalue weighted by Gasteiger charge is -1.71. The molecular formula is BF4N+. The number of quaternary nitrogens is 1. The van der Waals surface area contributed by atoms with Gasteiger partial charge in [-0.05, 0) is 0 Å². The predicted molar refractivity (Wildman–Crippen MR) is 10.4 cm³/mol. The predicted octanol–water partition coefficient (Wildman–Crippen LogP) is 0.960. The van der Waals surface area contributed by atoms with Crippen LogP contribution in [0.2, 0.25) is 0 Å². The van der Waals surface area contributed by atoms with E-state index in [1.807, 2.05) is 0 Å². The van der Waals surface area contributed by atoms with Crippen LogP contribution in [0.25, 0.3) is 0 Å². The summed E-state index contributed by atoms with van der Waals surface area (Å²) in [5.74, 6) is 0. The monoisotopic (exact) mass is 101 g/mol. The Kier molecular flexibility index (Phi) is 3.10. The molecule has 6 heteroatoms. The first-order valence-corrected chi connectivity index (χ1v) is 0.676. The molecule has 0 N–H and O–H groups in total. The fourth-order valence-electron chi connectivity index (χ4n) is 0. The number of hydrogen-bond donors (Lipinski definition) is 0. The third kappa shape index (κ3) is 434. The molecule has 0 bridgehead atoms. The molecule has 0 saturated heterocycles. The number of hydrogen-bond acceptors (Lipinski definition) is 0. The maximum absolute atomic E-state index is 9.62. The fraction of sp³-hybridized carbons (Fsp3) is 0. The minimum Gasteiger partial charge on any atom is 0 e. The highest BCUT2D eigenvalue weighted by molar-refractivity contribution is 5.75. The Labute approximate surface area is 33.1 Å². The molecule has 0 aromatic heterocycles. The van der Waals surface area contributed by atoms with Crippen molar-refractivity contribution in [2.45, 2.75) is 0 Å². The van der Waals surface area contributed by atoms with E-state index in [1.54, 1.807) is 0 Å². The van der Waals surface area contributed by atoms with E-state index in [0.717, 1.165) is 0 Å². The van der Waals surface area contributed by atoms with Crippen molar-refractivity contribution in [2.24, 2.45) is 0 Å². The lowest BCUT2D eigenvalue weighted by Crippen LogP contribution is -1.99. The van der Waals surface area contributed by atoms with Gasteiger partial charge < -0.3 is 0 Å². The molecule has 0 aromatic rings. The van der Waals surface area contributed by atoms with Crippen LogP contribution < -0.4 is 0 Å². The van der Waals surface area contributed by atoms with Crippen molar-refractivity contribution in [1.29, 1.82) is 0 Å². The zero-order chi connectivity index (χ0) is 4.50. The topological polar surface area (TPSA) is 0 Å². The zero-order valence-electron chi connectivity index (χ0n) is 2.54. The Morgan fingerprint density at radius 1 is 0.833 bits per heavy atom. The molecular weight excluding hydrogens is 101 g/mol. The smallest absolute Gasteiger partial charge is 0 e. The van der Waals surface area contributed by atoms with Crippen LogP contribution in [0.1, 0.15) is 0 Å². The van der Waals surface area contributed by atoms with Gasteiger partial charge in [0.05, 0.1) is 0 Å². The normalized spacial score (nSPS) is 10.0.